The number of nitrogens with zero attached hydrogens (tertiary/aromatic N) is 1. The van der Waals surface area contributed by atoms with Crippen LogP contribution < -0.4 is 5.73 Å². The van der Waals surface area contributed by atoms with Gasteiger partial charge in [0.25, 0.3) is 0 Å². The van der Waals surface area contributed by atoms with Crippen molar-refractivity contribution in [2.45, 2.75) is 13.8 Å². The Morgan fingerprint density at radius 1 is 1.33 bits per heavy atom. The Balaban J connectivity index is 0.00000112. The van der Waals surface area contributed by atoms with E-state index in [4.69, 9.17) is 10.9 Å². The van der Waals surface area contributed by atoms with Crippen molar-refractivity contribution < 1.29 is 5.21 Å². The lowest BCUT2D eigenvalue weighted by molar-refractivity contribution is 0.319. The molecule has 0 bridgehead atoms. The molecule has 0 aromatic heterocycles. The number of nitrogens with two attached hydrogens (primary N) is 1. The third-order valence-electron chi connectivity index (χ3n) is 2.46. The Kier molecular flexibility index (Phi) is 3.05. The van der Waals surface area contributed by atoms with E-state index in [1.807, 2.05) is 13.0 Å². The highest BCUT2D eigenvalue weighted by atomic mass is 35.5. The molecule has 0 amide bonds. The summed E-state index contributed by atoms with van der Waals surface area (Å²) >= 11 is 0. The second kappa shape index (κ2) is 3.95. The van der Waals surface area contributed by atoms with Crippen LogP contribution in [-0.4, -0.2) is 11.0 Å². The minimum atomic E-state index is 0. The topological polar surface area (TPSA) is 58.6 Å². The second-order valence-electron chi connectivity index (χ2n) is 3.59. The van der Waals surface area contributed by atoms with Crippen LogP contribution in [0.5, 0.6) is 0 Å². The zero-order valence-corrected chi connectivity index (χ0v) is 9.43. The summed E-state index contributed by atoms with van der Waals surface area (Å²) in [5.41, 5.74) is 11.0. The lowest BCUT2D eigenvalue weighted by Crippen LogP contribution is -2.19. The first-order valence-corrected chi connectivity index (χ1v) is 4.44. The van der Waals surface area contributed by atoms with Crippen LogP contribution in [0.1, 0.15) is 22.3 Å². The summed E-state index contributed by atoms with van der Waals surface area (Å²) in [5, 5.41) is 11.6. The van der Waals surface area contributed by atoms with Crippen molar-refractivity contribution >= 4 is 29.9 Å². The van der Waals surface area contributed by atoms with E-state index in [1.54, 1.807) is 0 Å². The van der Waals surface area contributed by atoms with E-state index in [-0.39, 0.29) is 18.2 Å². The van der Waals surface area contributed by atoms with Gasteiger partial charge in [-0.2, -0.15) is 0 Å². The van der Waals surface area contributed by atoms with Gasteiger partial charge in [0.05, 0.1) is 0 Å². The highest BCUT2D eigenvalue weighted by molar-refractivity contribution is 6.31. The van der Waals surface area contributed by atoms with Crippen LogP contribution in [0.25, 0.3) is 11.6 Å². The maximum Gasteiger partial charge on any atom is 0.170 e. The van der Waals surface area contributed by atoms with E-state index < -0.39 is 0 Å². The lowest BCUT2D eigenvalue weighted by Gasteiger charge is -2.22. The number of aryl methyl sites for hydroxylation is 2. The molecule has 4 heteroatoms. The summed E-state index contributed by atoms with van der Waals surface area (Å²) in [6, 6.07) is 4.19. The fourth-order valence-corrected chi connectivity index (χ4v) is 1.89. The molecule has 0 fully saturated rings. The molecule has 2 rings (SSSR count). The maximum atomic E-state index is 8.56. The average Bonchev–Trinajstić information content (AvgIpc) is 2.08. The fraction of sp³-hybridized carbons (Fsp3) is 0.182. The number of hydrogen-bond acceptors (Lipinski definition) is 2. The van der Waals surface area contributed by atoms with Crippen molar-refractivity contribution in [3.63, 3.8) is 0 Å². The van der Waals surface area contributed by atoms with Crippen LogP contribution in [-0.2, 0) is 0 Å². The molecule has 0 aliphatic heterocycles. The summed E-state index contributed by atoms with van der Waals surface area (Å²) in [6.45, 7) is 4.09. The zero-order valence-electron chi connectivity index (χ0n) is 8.61. The quantitative estimate of drug-likeness (QED) is 0.333. The van der Waals surface area contributed by atoms with Crippen LogP contribution in [0.15, 0.2) is 17.3 Å². The Hall–Kier alpha value is -1.48. The number of hydrogen-bond donors (Lipinski definition) is 2. The predicted octanol–water partition coefficient (Wildman–Crippen LogP) is 2.33. The molecular weight excluding hydrogens is 212 g/mol. The van der Waals surface area contributed by atoms with Gasteiger partial charge in [0.2, 0.25) is 0 Å². The third kappa shape index (κ3) is 1.70. The minimum Gasteiger partial charge on any atom is -0.409 e. The largest absolute Gasteiger partial charge is 0.409 e. The van der Waals surface area contributed by atoms with Crippen molar-refractivity contribution in [3.05, 3.63) is 34.4 Å². The summed E-state index contributed by atoms with van der Waals surface area (Å²) in [5.74, 6) is 0.185. The first-order chi connectivity index (χ1) is 6.63. The molecule has 0 spiro atoms. The molecule has 0 heterocycles. The van der Waals surface area contributed by atoms with Gasteiger partial charge >= 0.3 is 0 Å². The molecule has 3 nitrogen and oxygen atoms in total. The van der Waals surface area contributed by atoms with E-state index >= 15 is 0 Å². The van der Waals surface area contributed by atoms with Crippen molar-refractivity contribution in [1.29, 1.82) is 0 Å². The maximum absolute atomic E-state index is 8.56. The van der Waals surface area contributed by atoms with Gasteiger partial charge in [-0.3, -0.25) is 0 Å². The Morgan fingerprint density at radius 3 is 2.53 bits per heavy atom. The van der Waals surface area contributed by atoms with Gasteiger partial charge in [-0.25, -0.2) is 0 Å². The summed E-state index contributed by atoms with van der Waals surface area (Å²) < 4.78 is 0. The highest BCUT2D eigenvalue weighted by Gasteiger charge is 2.21. The molecule has 3 N–H and O–H groups in total. The van der Waals surface area contributed by atoms with Gasteiger partial charge < -0.3 is 10.9 Å². The minimum absolute atomic E-state index is 0. The SMILES string of the molecule is Cc1cc(C)c2c(c1)C=C2C(N)=NO.Cl. The summed E-state index contributed by atoms with van der Waals surface area (Å²) in [4.78, 5) is 0. The van der Waals surface area contributed by atoms with Crippen LogP contribution in [0.2, 0.25) is 0 Å². The van der Waals surface area contributed by atoms with Crippen molar-refractivity contribution in [2.24, 2.45) is 10.9 Å². The van der Waals surface area contributed by atoms with E-state index in [0.29, 0.717) is 0 Å². The standard InChI is InChI=1S/C11H12N2O.ClH/c1-6-3-7(2)10-8(4-6)5-9(10)11(12)13-14;/h3-5,14H,1-2H3,(H2,12,13);1H. The molecule has 1 aliphatic rings. The number of fused-ring (bicyclic) bond motifs is 1. The number of halogens is 1. The van der Waals surface area contributed by atoms with Crippen molar-refractivity contribution in [3.8, 4) is 0 Å². The van der Waals surface area contributed by atoms with Crippen molar-refractivity contribution in [2.75, 3.05) is 0 Å². The second-order valence-corrected chi connectivity index (χ2v) is 3.59. The van der Waals surface area contributed by atoms with Crippen LogP contribution in [0.3, 0.4) is 0 Å². The van der Waals surface area contributed by atoms with Crippen LogP contribution in [0.4, 0.5) is 0 Å². The molecular formula is C11H13ClN2O. The van der Waals surface area contributed by atoms with Crippen LogP contribution >= 0.6 is 12.4 Å². The summed E-state index contributed by atoms with van der Waals surface area (Å²) in [6.07, 6.45) is 1.93. The van der Waals surface area contributed by atoms with Gasteiger partial charge in [-0.05, 0) is 36.6 Å². The molecule has 80 valence electrons. The zero-order chi connectivity index (χ0) is 10.3. The van der Waals surface area contributed by atoms with Crippen LogP contribution in [0, 0.1) is 13.8 Å². The third-order valence-corrected chi connectivity index (χ3v) is 2.46. The summed E-state index contributed by atoms with van der Waals surface area (Å²) in [7, 11) is 0. The molecule has 0 unspecified atom stereocenters. The Bertz CT molecular complexity index is 464. The first-order valence-electron chi connectivity index (χ1n) is 4.44. The number of amidine groups is 1. The monoisotopic (exact) mass is 224 g/mol. The normalized spacial score (nSPS) is 13.5. The smallest absolute Gasteiger partial charge is 0.170 e. The van der Waals surface area contributed by atoms with E-state index in [1.165, 1.54) is 16.7 Å². The predicted molar refractivity (Wildman–Crippen MR) is 64.4 cm³/mol. The molecule has 0 saturated carbocycles. The Morgan fingerprint density at radius 2 is 2.00 bits per heavy atom. The lowest BCUT2D eigenvalue weighted by atomic mass is 9.83. The van der Waals surface area contributed by atoms with Gasteiger partial charge in [0.15, 0.2) is 5.84 Å². The van der Waals surface area contributed by atoms with Gasteiger partial charge in [0.1, 0.15) is 0 Å². The Labute approximate surface area is 94.7 Å². The molecule has 1 aliphatic carbocycles. The molecule has 0 radical (unpaired) electrons. The van der Waals surface area contributed by atoms with E-state index in [2.05, 4.69) is 24.2 Å². The highest BCUT2D eigenvalue weighted by Crippen LogP contribution is 2.35. The molecule has 1 aromatic rings. The number of benzene rings is 1. The number of oxime groups is 1. The fourth-order valence-electron chi connectivity index (χ4n) is 1.89. The first kappa shape index (κ1) is 11.6. The number of rotatable bonds is 1. The average molecular weight is 225 g/mol. The molecule has 0 atom stereocenters. The van der Waals surface area contributed by atoms with E-state index in [9.17, 15) is 0 Å². The van der Waals surface area contributed by atoms with Gasteiger partial charge in [-0.15, -0.1) is 12.4 Å². The molecule has 15 heavy (non-hydrogen) atoms. The van der Waals surface area contributed by atoms with E-state index in [0.717, 1.165) is 11.1 Å². The van der Waals surface area contributed by atoms with Gasteiger partial charge in [-0.1, -0.05) is 22.9 Å². The molecule has 1 aromatic carbocycles. The van der Waals surface area contributed by atoms with Crippen molar-refractivity contribution in [1.82, 2.24) is 0 Å². The van der Waals surface area contributed by atoms with Gasteiger partial charge in [0, 0.05) is 5.57 Å². The molecule has 0 saturated heterocycles.